The van der Waals surface area contributed by atoms with Crippen molar-refractivity contribution < 1.29 is 8.60 Å². The van der Waals surface area contributed by atoms with Gasteiger partial charge in [-0.3, -0.25) is 4.21 Å². The van der Waals surface area contributed by atoms with Gasteiger partial charge in [-0.25, -0.2) is 4.39 Å². The van der Waals surface area contributed by atoms with Crippen LogP contribution in [0, 0.1) is 5.82 Å². The van der Waals surface area contributed by atoms with Gasteiger partial charge in [0.05, 0.1) is 5.69 Å². The van der Waals surface area contributed by atoms with Gasteiger partial charge in [-0.15, -0.1) is 0 Å². The Hall–Kier alpha value is -0.940. The zero-order valence-electron chi connectivity index (χ0n) is 9.86. The predicted octanol–water partition coefficient (Wildman–Crippen LogP) is 1.41. The van der Waals surface area contributed by atoms with Gasteiger partial charge in [0, 0.05) is 41.4 Å². The standard InChI is InChI=1S/C12H17FN2OS/c1-9(14)10-2-3-12(11(13)8-10)15-4-6-17(16)7-5-15/h2-3,8-9H,4-7,14H2,1H3. The fourth-order valence-electron chi connectivity index (χ4n) is 1.94. The van der Waals surface area contributed by atoms with Crippen LogP contribution in [-0.4, -0.2) is 28.8 Å². The first-order valence-electron chi connectivity index (χ1n) is 5.73. The Kier molecular flexibility index (Phi) is 3.79. The van der Waals surface area contributed by atoms with Crippen LogP contribution in [0.3, 0.4) is 0 Å². The molecule has 3 nitrogen and oxygen atoms in total. The summed E-state index contributed by atoms with van der Waals surface area (Å²) < 4.78 is 25.2. The average Bonchev–Trinajstić information content (AvgIpc) is 2.30. The molecule has 1 fully saturated rings. The smallest absolute Gasteiger partial charge is 0.146 e. The second kappa shape index (κ2) is 5.14. The van der Waals surface area contributed by atoms with Crippen LogP contribution in [0.15, 0.2) is 18.2 Å². The van der Waals surface area contributed by atoms with Crippen LogP contribution < -0.4 is 10.6 Å². The summed E-state index contributed by atoms with van der Waals surface area (Å²) >= 11 is 0. The van der Waals surface area contributed by atoms with E-state index in [1.165, 1.54) is 6.07 Å². The number of nitrogens with zero attached hydrogens (tertiary/aromatic N) is 1. The zero-order chi connectivity index (χ0) is 12.4. The lowest BCUT2D eigenvalue weighted by molar-refractivity contribution is 0.612. The van der Waals surface area contributed by atoms with E-state index in [1.807, 2.05) is 17.9 Å². The molecule has 1 saturated heterocycles. The first-order chi connectivity index (χ1) is 8.08. The van der Waals surface area contributed by atoms with Crippen molar-refractivity contribution in [2.24, 2.45) is 5.73 Å². The van der Waals surface area contributed by atoms with Crippen LogP contribution >= 0.6 is 0 Å². The van der Waals surface area contributed by atoms with Gasteiger partial charge in [-0.1, -0.05) is 6.07 Å². The third-order valence-corrected chi connectivity index (χ3v) is 4.29. The highest BCUT2D eigenvalue weighted by atomic mass is 32.2. The topological polar surface area (TPSA) is 46.3 Å². The summed E-state index contributed by atoms with van der Waals surface area (Å²) in [5.74, 6) is 0.996. The van der Waals surface area contributed by atoms with E-state index in [0.717, 1.165) is 5.56 Å². The normalized spacial score (nSPS) is 19.4. The van der Waals surface area contributed by atoms with E-state index in [9.17, 15) is 8.60 Å². The minimum Gasteiger partial charge on any atom is -0.367 e. The summed E-state index contributed by atoms with van der Waals surface area (Å²) in [5, 5.41) is 0. The van der Waals surface area contributed by atoms with Crippen molar-refractivity contribution >= 4 is 16.5 Å². The van der Waals surface area contributed by atoms with E-state index in [4.69, 9.17) is 5.73 Å². The van der Waals surface area contributed by atoms with E-state index in [2.05, 4.69) is 0 Å². The van der Waals surface area contributed by atoms with Crippen molar-refractivity contribution in [1.29, 1.82) is 0 Å². The highest BCUT2D eigenvalue weighted by molar-refractivity contribution is 7.85. The Balaban J connectivity index is 2.19. The van der Waals surface area contributed by atoms with Crippen molar-refractivity contribution in [3.63, 3.8) is 0 Å². The van der Waals surface area contributed by atoms with Crippen LogP contribution in [-0.2, 0) is 10.8 Å². The second-order valence-corrected chi connectivity index (χ2v) is 6.03. The predicted molar refractivity (Wildman–Crippen MR) is 69.1 cm³/mol. The Morgan fingerprint density at radius 3 is 2.59 bits per heavy atom. The van der Waals surface area contributed by atoms with Gasteiger partial charge < -0.3 is 10.6 Å². The molecule has 0 amide bonds. The maximum Gasteiger partial charge on any atom is 0.146 e. The molecule has 1 aliphatic rings. The van der Waals surface area contributed by atoms with E-state index in [1.54, 1.807) is 6.07 Å². The van der Waals surface area contributed by atoms with E-state index < -0.39 is 10.8 Å². The number of hydrogen-bond acceptors (Lipinski definition) is 3. The third kappa shape index (κ3) is 2.84. The molecule has 1 atom stereocenters. The maximum absolute atomic E-state index is 13.9. The molecular weight excluding hydrogens is 239 g/mol. The molecule has 1 unspecified atom stereocenters. The first kappa shape index (κ1) is 12.5. The first-order valence-corrected chi connectivity index (χ1v) is 7.21. The van der Waals surface area contributed by atoms with Crippen molar-refractivity contribution in [1.82, 2.24) is 0 Å². The highest BCUT2D eigenvalue weighted by Gasteiger charge is 2.18. The molecule has 94 valence electrons. The Morgan fingerprint density at radius 2 is 2.06 bits per heavy atom. The lowest BCUT2D eigenvalue weighted by Gasteiger charge is -2.29. The van der Waals surface area contributed by atoms with Crippen molar-refractivity contribution in [3.8, 4) is 0 Å². The summed E-state index contributed by atoms with van der Waals surface area (Å²) in [6, 6.07) is 4.95. The highest BCUT2D eigenvalue weighted by Crippen LogP contribution is 2.23. The molecule has 2 rings (SSSR count). The molecule has 0 aliphatic carbocycles. The number of rotatable bonds is 2. The van der Waals surface area contributed by atoms with Crippen LogP contribution in [0.1, 0.15) is 18.5 Å². The number of benzene rings is 1. The molecule has 2 N–H and O–H groups in total. The number of nitrogens with two attached hydrogens (primary N) is 1. The van der Waals surface area contributed by atoms with Gasteiger partial charge >= 0.3 is 0 Å². The summed E-state index contributed by atoms with van der Waals surface area (Å²) in [7, 11) is -0.737. The minimum absolute atomic E-state index is 0.160. The Labute approximate surface area is 103 Å². The van der Waals surface area contributed by atoms with E-state index in [-0.39, 0.29) is 11.9 Å². The second-order valence-electron chi connectivity index (χ2n) is 4.33. The van der Waals surface area contributed by atoms with Gasteiger partial charge in [0.15, 0.2) is 0 Å². The van der Waals surface area contributed by atoms with Gasteiger partial charge in [0.2, 0.25) is 0 Å². The molecule has 1 aromatic carbocycles. The fourth-order valence-corrected chi connectivity index (χ4v) is 2.99. The molecule has 0 bridgehead atoms. The zero-order valence-corrected chi connectivity index (χ0v) is 10.7. The molecule has 1 aromatic rings. The van der Waals surface area contributed by atoms with E-state index in [0.29, 0.717) is 30.3 Å². The van der Waals surface area contributed by atoms with Crippen LogP contribution in [0.25, 0.3) is 0 Å². The molecule has 17 heavy (non-hydrogen) atoms. The van der Waals surface area contributed by atoms with Crippen molar-refractivity contribution in [3.05, 3.63) is 29.6 Å². The summed E-state index contributed by atoms with van der Waals surface area (Å²) in [5.41, 5.74) is 7.10. The summed E-state index contributed by atoms with van der Waals surface area (Å²) in [6.07, 6.45) is 0. The lowest BCUT2D eigenvalue weighted by atomic mass is 10.1. The van der Waals surface area contributed by atoms with Crippen molar-refractivity contribution in [2.45, 2.75) is 13.0 Å². The van der Waals surface area contributed by atoms with Crippen LogP contribution in [0.4, 0.5) is 10.1 Å². The molecule has 0 saturated carbocycles. The molecule has 1 heterocycles. The Morgan fingerprint density at radius 1 is 1.41 bits per heavy atom. The SMILES string of the molecule is CC(N)c1ccc(N2CCS(=O)CC2)c(F)c1. The summed E-state index contributed by atoms with van der Waals surface area (Å²) in [6.45, 7) is 3.14. The molecule has 0 aromatic heterocycles. The number of anilines is 1. The van der Waals surface area contributed by atoms with Crippen LogP contribution in [0.2, 0.25) is 0 Å². The van der Waals surface area contributed by atoms with E-state index >= 15 is 0 Å². The fraction of sp³-hybridized carbons (Fsp3) is 0.500. The lowest BCUT2D eigenvalue weighted by Crippen LogP contribution is -2.38. The molecule has 5 heteroatoms. The molecule has 0 spiro atoms. The average molecular weight is 256 g/mol. The minimum atomic E-state index is -0.737. The quantitative estimate of drug-likeness (QED) is 0.870. The van der Waals surface area contributed by atoms with Crippen LogP contribution in [0.5, 0.6) is 0 Å². The largest absolute Gasteiger partial charge is 0.367 e. The molecule has 1 aliphatic heterocycles. The van der Waals surface area contributed by atoms with Crippen molar-refractivity contribution in [2.75, 3.05) is 29.5 Å². The number of halogens is 1. The summed E-state index contributed by atoms with van der Waals surface area (Å²) in [4.78, 5) is 1.95. The maximum atomic E-state index is 13.9. The van der Waals surface area contributed by atoms with Gasteiger partial charge in [0.1, 0.15) is 5.82 Å². The molecular formula is C12H17FN2OS. The number of hydrogen-bond donors (Lipinski definition) is 1. The van der Waals surface area contributed by atoms with Gasteiger partial charge in [0.25, 0.3) is 0 Å². The monoisotopic (exact) mass is 256 g/mol. The Bertz CT molecular complexity index is 427. The van der Waals surface area contributed by atoms with Gasteiger partial charge in [-0.2, -0.15) is 0 Å². The third-order valence-electron chi connectivity index (χ3n) is 3.02. The van der Waals surface area contributed by atoms with Gasteiger partial charge in [-0.05, 0) is 24.6 Å². The molecule has 0 radical (unpaired) electrons.